The number of hydrogen-bond acceptors (Lipinski definition) is 2. The van der Waals surface area contributed by atoms with Gasteiger partial charge in [0.2, 0.25) is 0 Å². The van der Waals surface area contributed by atoms with Crippen molar-refractivity contribution in [2.24, 2.45) is 0 Å². The first-order valence-corrected chi connectivity index (χ1v) is 8.24. The topological polar surface area (TPSA) is 42.0 Å². The number of pyridine rings is 1. The van der Waals surface area contributed by atoms with Gasteiger partial charge >= 0.3 is 0 Å². The van der Waals surface area contributed by atoms with E-state index in [0.29, 0.717) is 16.8 Å². The molecule has 1 atom stereocenters. The third-order valence-electron chi connectivity index (χ3n) is 4.19. The molecule has 1 N–H and O–H groups in total. The first-order chi connectivity index (χ1) is 12.5. The number of aromatic nitrogens is 1. The largest absolute Gasteiger partial charge is 0.345 e. The summed E-state index contributed by atoms with van der Waals surface area (Å²) in [4.78, 5) is 17.0. The summed E-state index contributed by atoms with van der Waals surface area (Å²) in [6, 6.07) is 16.3. The zero-order valence-electron chi connectivity index (χ0n) is 14.5. The molecule has 5 heteroatoms. The van der Waals surface area contributed by atoms with E-state index in [1.807, 2.05) is 30.3 Å². The summed E-state index contributed by atoms with van der Waals surface area (Å²) in [6.45, 7) is 3.48. The van der Waals surface area contributed by atoms with Crippen molar-refractivity contribution in [1.29, 1.82) is 0 Å². The number of nitrogens with zero attached hydrogens (tertiary/aromatic N) is 1. The van der Waals surface area contributed by atoms with Crippen LogP contribution in [0.5, 0.6) is 0 Å². The van der Waals surface area contributed by atoms with Gasteiger partial charge in [-0.2, -0.15) is 0 Å². The first kappa shape index (κ1) is 17.7. The molecule has 0 radical (unpaired) electrons. The summed E-state index contributed by atoms with van der Waals surface area (Å²) in [5.74, 6) is -2.16. The molecule has 0 aliphatic carbocycles. The minimum absolute atomic E-state index is 0.313. The summed E-state index contributed by atoms with van der Waals surface area (Å²) in [5.41, 5.74) is 3.29. The maximum atomic E-state index is 13.4. The van der Waals surface area contributed by atoms with E-state index >= 15 is 0 Å². The van der Waals surface area contributed by atoms with E-state index in [1.54, 1.807) is 26.0 Å². The molecule has 26 heavy (non-hydrogen) atoms. The van der Waals surface area contributed by atoms with Crippen LogP contribution in [-0.2, 0) is 0 Å². The lowest BCUT2D eigenvalue weighted by Crippen LogP contribution is -2.27. The Morgan fingerprint density at radius 2 is 1.73 bits per heavy atom. The second-order valence-electron chi connectivity index (χ2n) is 6.06. The molecule has 0 unspecified atom stereocenters. The number of rotatable bonds is 4. The number of aryl methyl sites for hydroxylation is 1. The molecular weight excluding hydrogens is 334 g/mol. The van der Waals surface area contributed by atoms with Crippen LogP contribution < -0.4 is 5.32 Å². The predicted molar refractivity (Wildman–Crippen MR) is 96.6 cm³/mol. The summed E-state index contributed by atoms with van der Waals surface area (Å²) in [5, 5.41) is 2.79. The van der Waals surface area contributed by atoms with Crippen molar-refractivity contribution in [3.05, 3.63) is 89.1 Å². The molecule has 0 bridgehead atoms. The second-order valence-corrected chi connectivity index (χ2v) is 6.06. The highest BCUT2D eigenvalue weighted by Crippen LogP contribution is 2.20. The molecule has 3 nitrogen and oxygen atoms in total. The number of carbonyl (C=O) groups excluding carboxylic acids is 1. The summed E-state index contributed by atoms with van der Waals surface area (Å²) in [6.07, 6.45) is 0. The molecule has 3 aromatic rings. The van der Waals surface area contributed by atoms with Crippen LogP contribution in [0.1, 0.15) is 34.6 Å². The summed E-state index contributed by atoms with van der Waals surface area (Å²) < 4.78 is 26.4. The van der Waals surface area contributed by atoms with Crippen LogP contribution in [0.3, 0.4) is 0 Å². The Hall–Kier alpha value is -3.08. The normalized spacial score (nSPS) is 11.8. The van der Waals surface area contributed by atoms with E-state index < -0.39 is 17.7 Å². The van der Waals surface area contributed by atoms with Gasteiger partial charge in [0.25, 0.3) is 5.91 Å². The SMILES string of the molecule is Cc1nc(-c2ccccc2)ccc1C(=O)N[C@H](C)c1ccc(F)c(F)c1. The average Bonchev–Trinajstić information content (AvgIpc) is 2.64. The minimum Gasteiger partial charge on any atom is -0.345 e. The summed E-state index contributed by atoms with van der Waals surface area (Å²) in [7, 11) is 0. The number of hydrogen-bond donors (Lipinski definition) is 1. The average molecular weight is 352 g/mol. The Balaban J connectivity index is 1.78. The van der Waals surface area contributed by atoms with Crippen LogP contribution in [0.15, 0.2) is 60.7 Å². The molecule has 1 heterocycles. The molecular formula is C21H18F2N2O. The number of halogens is 2. The van der Waals surface area contributed by atoms with Crippen LogP contribution in [0.4, 0.5) is 8.78 Å². The van der Waals surface area contributed by atoms with E-state index in [9.17, 15) is 13.6 Å². The lowest BCUT2D eigenvalue weighted by Gasteiger charge is -2.16. The Bertz CT molecular complexity index is 942. The van der Waals surface area contributed by atoms with Gasteiger partial charge in [0.05, 0.1) is 23.0 Å². The van der Waals surface area contributed by atoms with E-state index in [0.717, 1.165) is 23.4 Å². The highest BCUT2D eigenvalue weighted by atomic mass is 19.2. The highest BCUT2D eigenvalue weighted by molar-refractivity contribution is 5.95. The van der Waals surface area contributed by atoms with Gasteiger partial charge in [0, 0.05) is 5.56 Å². The van der Waals surface area contributed by atoms with Crippen molar-refractivity contribution in [2.45, 2.75) is 19.9 Å². The van der Waals surface area contributed by atoms with Crippen molar-refractivity contribution in [2.75, 3.05) is 0 Å². The minimum atomic E-state index is -0.936. The van der Waals surface area contributed by atoms with Gasteiger partial charge in [0.1, 0.15) is 0 Å². The molecule has 1 aromatic heterocycles. The van der Waals surface area contributed by atoms with Gasteiger partial charge in [-0.25, -0.2) is 8.78 Å². The van der Waals surface area contributed by atoms with Gasteiger partial charge in [-0.1, -0.05) is 36.4 Å². The van der Waals surface area contributed by atoms with Crippen LogP contribution in [0.2, 0.25) is 0 Å². The monoisotopic (exact) mass is 352 g/mol. The van der Waals surface area contributed by atoms with Crippen LogP contribution >= 0.6 is 0 Å². The molecule has 0 aliphatic heterocycles. The Morgan fingerprint density at radius 1 is 1.00 bits per heavy atom. The van der Waals surface area contributed by atoms with Gasteiger partial charge in [-0.3, -0.25) is 9.78 Å². The van der Waals surface area contributed by atoms with E-state index in [1.165, 1.54) is 6.07 Å². The number of amides is 1. The molecule has 0 spiro atoms. The maximum Gasteiger partial charge on any atom is 0.253 e. The van der Waals surface area contributed by atoms with E-state index in [2.05, 4.69) is 10.3 Å². The standard InChI is InChI=1S/C21H18F2N2O/c1-13(16-8-10-18(22)19(23)12-16)25-21(26)17-9-11-20(24-14(17)2)15-6-4-3-5-7-15/h3-13H,1-2H3,(H,25,26)/t13-/m1/s1. The molecule has 0 fully saturated rings. The lowest BCUT2D eigenvalue weighted by molar-refractivity contribution is 0.0939. The fraction of sp³-hybridized carbons (Fsp3) is 0.143. The van der Waals surface area contributed by atoms with Gasteiger partial charge in [0.15, 0.2) is 11.6 Å². The van der Waals surface area contributed by atoms with Gasteiger partial charge < -0.3 is 5.32 Å². The molecule has 0 saturated carbocycles. The quantitative estimate of drug-likeness (QED) is 0.731. The Kier molecular flexibility index (Phi) is 5.07. The Morgan fingerprint density at radius 3 is 2.38 bits per heavy atom. The highest BCUT2D eigenvalue weighted by Gasteiger charge is 2.16. The lowest BCUT2D eigenvalue weighted by atomic mass is 10.1. The zero-order valence-corrected chi connectivity index (χ0v) is 14.5. The van der Waals surface area contributed by atoms with Crippen molar-refractivity contribution in [1.82, 2.24) is 10.3 Å². The van der Waals surface area contributed by atoms with E-state index in [4.69, 9.17) is 0 Å². The molecule has 132 valence electrons. The zero-order chi connectivity index (χ0) is 18.7. The molecule has 0 aliphatic rings. The third kappa shape index (κ3) is 3.77. The van der Waals surface area contributed by atoms with Crippen molar-refractivity contribution in [3.63, 3.8) is 0 Å². The number of nitrogens with one attached hydrogen (secondary N) is 1. The molecule has 2 aromatic carbocycles. The van der Waals surface area contributed by atoms with E-state index in [-0.39, 0.29) is 5.91 Å². The van der Waals surface area contributed by atoms with Crippen molar-refractivity contribution >= 4 is 5.91 Å². The molecule has 0 saturated heterocycles. The van der Waals surface area contributed by atoms with Crippen molar-refractivity contribution in [3.8, 4) is 11.3 Å². The van der Waals surface area contributed by atoms with Crippen LogP contribution in [-0.4, -0.2) is 10.9 Å². The number of carbonyl (C=O) groups is 1. The number of benzene rings is 2. The first-order valence-electron chi connectivity index (χ1n) is 8.24. The van der Waals surface area contributed by atoms with Crippen LogP contribution in [0.25, 0.3) is 11.3 Å². The fourth-order valence-electron chi connectivity index (χ4n) is 2.71. The van der Waals surface area contributed by atoms with Crippen molar-refractivity contribution < 1.29 is 13.6 Å². The molecule has 1 amide bonds. The third-order valence-corrected chi connectivity index (χ3v) is 4.19. The van der Waals surface area contributed by atoms with Gasteiger partial charge in [-0.15, -0.1) is 0 Å². The predicted octanol–water partition coefficient (Wildman–Crippen LogP) is 4.83. The van der Waals surface area contributed by atoms with Gasteiger partial charge in [-0.05, 0) is 43.7 Å². The summed E-state index contributed by atoms with van der Waals surface area (Å²) >= 11 is 0. The molecule has 3 rings (SSSR count). The smallest absolute Gasteiger partial charge is 0.253 e. The second kappa shape index (κ2) is 7.44. The fourth-order valence-corrected chi connectivity index (χ4v) is 2.71. The van der Waals surface area contributed by atoms with Crippen LogP contribution in [0, 0.1) is 18.6 Å². The Labute approximate surface area is 150 Å². The maximum absolute atomic E-state index is 13.4.